The molecule has 1 nitrogen and oxygen atoms in total. The molecule has 1 rings (SSSR count). The van der Waals surface area contributed by atoms with Gasteiger partial charge in [0.05, 0.1) is 0 Å². The Kier molecular flexibility index (Phi) is 6.28. The first-order valence-corrected chi connectivity index (χ1v) is 6.94. The van der Waals surface area contributed by atoms with E-state index in [1.165, 1.54) is 36.8 Å². The van der Waals surface area contributed by atoms with Crippen molar-refractivity contribution in [2.75, 3.05) is 7.05 Å². The van der Waals surface area contributed by atoms with Gasteiger partial charge in [0.2, 0.25) is 0 Å². The van der Waals surface area contributed by atoms with Crippen LogP contribution in [0.3, 0.4) is 0 Å². The van der Waals surface area contributed by atoms with Gasteiger partial charge in [-0.15, -0.1) is 0 Å². The lowest BCUT2D eigenvalue weighted by Gasteiger charge is -2.25. The number of hydrogen-bond donors (Lipinski definition) is 1. The van der Waals surface area contributed by atoms with Crippen molar-refractivity contribution in [1.82, 2.24) is 5.32 Å². The van der Waals surface area contributed by atoms with E-state index in [0.717, 1.165) is 5.92 Å². The van der Waals surface area contributed by atoms with Gasteiger partial charge >= 0.3 is 0 Å². The van der Waals surface area contributed by atoms with E-state index >= 15 is 0 Å². The smallest absolute Gasteiger partial charge is 0.00952 e. The van der Waals surface area contributed by atoms with Crippen LogP contribution in [0.1, 0.15) is 44.2 Å². The van der Waals surface area contributed by atoms with Crippen LogP contribution in [-0.2, 0) is 6.42 Å². The second-order valence-corrected chi connectivity index (χ2v) is 4.94. The number of hydrogen-bond acceptors (Lipinski definition) is 1. The average molecular weight is 233 g/mol. The molecular formula is C16H27N. The summed E-state index contributed by atoms with van der Waals surface area (Å²) in [6.45, 7) is 6.80. The van der Waals surface area contributed by atoms with E-state index in [2.05, 4.69) is 57.4 Å². The molecule has 1 aromatic rings. The van der Waals surface area contributed by atoms with E-state index in [4.69, 9.17) is 0 Å². The van der Waals surface area contributed by atoms with Gasteiger partial charge in [-0.05, 0) is 43.9 Å². The second-order valence-electron chi connectivity index (χ2n) is 4.94. The van der Waals surface area contributed by atoms with Crippen molar-refractivity contribution in [3.8, 4) is 0 Å². The van der Waals surface area contributed by atoms with E-state index in [9.17, 15) is 0 Å². The zero-order valence-corrected chi connectivity index (χ0v) is 11.8. The van der Waals surface area contributed by atoms with Gasteiger partial charge in [0.15, 0.2) is 0 Å². The maximum Gasteiger partial charge on any atom is 0.00952 e. The summed E-state index contributed by atoms with van der Waals surface area (Å²) in [7, 11) is 2.10. The molecule has 1 unspecified atom stereocenters. The predicted molar refractivity (Wildman–Crippen MR) is 76.4 cm³/mol. The van der Waals surface area contributed by atoms with Crippen LogP contribution in [0.5, 0.6) is 0 Å². The van der Waals surface area contributed by atoms with Crippen molar-refractivity contribution in [3.05, 3.63) is 35.4 Å². The Morgan fingerprint density at radius 3 is 2.29 bits per heavy atom. The molecule has 17 heavy (non-hydrogen) atoms. The Morgan fingerprint density at radius 2 is 1.76 bits per heavy atom. The van der Waals surface area contributed by atoms with Crippen molar-refractivity contribution in [2.24, 2.45) is 5.92 Å². The molecule has 1 heteroatoms. The molecule has 0 aliphatic carbocycles. The monoisotopic (exact) mass is 233 g/mol. The van der Waals surface area contributed by atoms with E-state index in [-0.39, 0.29) is 0 Å². The third kappa shape index (κ3) is 4.16. The standard InChI is InChI=1S/C16H27N/c1-5-14(6-2)16(17-4)12-11-15-10-8-7-9-13(15)3/h7-10,14,16-17H,5-6,11-12H2,1-4H3. The third-order valence-corrected chi connectivity index (χ3v) is 3.97. The van der Waals surface area contributed by atoms with E-state index in [0.29, 0.717) is 6.04 Å². The average Bonchev–Trinajstić information content (AvgIpc) is 2.36. The predicted octanol–water partition coefficient (Wildman–Crippen LogP) is 3.95. The molecule has 0 radical (unpaired) electrons. The van der Waals surface area contributed by atoms with Crippen molar-refractivity contribution < 1.29 is 0 Å². The highest BCUT2D eigenvalue weighted by molar-refractivity contribution is 5.25. The van der Waals surface area contributed by atoms with Gasteiger partial charge < -0.3 is 5.32 Å². The number of benzene rings is 1. The van der Waals surface area contributed by atoms with Crippen molar-refractivity contribution in [1.29, 1.82) is 0 Å². The molecule has 0 bridgehead atoms. The van der Waals surface area contributed by atoms with Crippen molar-refractivity contribution >= 4 is 0 Å². The number of rotatable bonds is 7. The van der Waals surface area contributed by atoms with Crippen molar-refractivity contribution in [3.63, 3.8) is 0 Å². The summed E-state index contributed by atoms with van der Waals surface area (Å²) in [6, 6.07) is 9.39. The molecule has 1 N–H and O–H groups in total. The van der Waals surface area contributed by atoms with Crippen LogP contribution in [0.25, 0.3) is 0 Å². The molecular weight excluding hydrogens is 206 g/mol. The minimum atomic E-state index is 0.657. The molecule has 0 aliphatic heterocycles. The van der Waals surface area contributed by atoms with Crippen LogP contribution in [0.2, 0.25) is 0 Å². The largest absolute Gasteiger partial charge is 0.317 e. The third-order valence-electron chi connectivity index (χ3n) is 3.97. The molecule has 0 aliphatic rings. The van der Waals surface area contributed by atoms with Crippen LogP contribution >= 0.6 is 0 Å². The molecule has 0 heterocycles. The zero-order chi connectivity index (χ0) is 12.7. The van der Waals surface area contributed by atoms with E-state index < -0.39 is 0 Å². The highest BCUT2D eigenvalue weighted by Gasteiger charge is 2.16. The first-order chi connectivity index (χ1) is 8.22. The summed E-state index contributed by atoms with van der Waals surface area (Å²) in [5.41, 5.74) is 2.92. The Bertz CT molecular complexity index is 315. The summed E-state index contributed by atoms with van der Waals surface area (Å²) in [5.74, 6) is 0.809. The van der Waals surface area contributed by atoms with Gasteiger partial charge in [0, 0.05) is 6.04 Å². The van der Waals surface area contributed by atoms with Gasteiger partial charge in [-0.1, -0.05) is 51.0 Å². The first kappa shape index (κ1) is 14.2. The fraction of sp³-hybridized carbons (Fsp3) is 0.625. The summed E-state index contributed by atoms with van der Waals surface area (Å²) in [5, 5.41) is 3.49. The highest BCUT2D eigenvalue weighted by atomic mass is 14.9. The topological polar surface area (TPSA) is 12.0 Å². The minimum absolute atomic E-state index is 0.657. The normalized spacial score (nSPS) is 13.0. The molecule has 0 aromatic heterocycles. The molecule has 0 saturated heterocycles. The van der Waals surface area contributed by atoms with Crippen LogP contribution in [0, 0.1) is 12.8 Å². The summed E-state index contributed by atoms with van der Waals surface area (Å²) < 4.78 is 0. The van der Waals surface area contributed by atoms with Crippen molar-refractivity contribution in [2.45, 2.75) is 52.5 Å². The lowest BCUT2D eigenvalue weighted by Crippen LogP contribution is -2.33. The van der Waals surface area contributed by atoms with Gasteiger partial charge in [-0.25, -0.2) is 0 Å². The molecule has 0 spiro atoms. The Labute approximate surface area is 107 Å². The van der Waals surface area contributed by atoms with Crippen LogP contribution in [0.4, 0.5) is 0 Å². The van der Waals surface area contributed by atoms with E-state index in [1.807, 2.05) is 0 Å². The molecule has 0 fully saturated rings. The molecule has 0 saturated carbocycles. The van der Waals surface area contributed by atoms with Gasteiger partial charge in [-0.3, -0.25) is 0 Å². The van der Waals surface area contributed by atoms with Crippen LogP contribution in [-0.4, -0.2) is 13.1 Å². The Morgan fingerprint density at radius 1 is 1.12 bits per heavy atom. The van der Waals surface area contributed by atoms with Gasteiger partial charge in [0.25, 0.3) is 0 Å². The SMILES string of the molecule is CCC(CC)C(CCc1ccccc1C)NC. The fourth-order valence-corrected chi connectivity index (χ4v) is 2.68. The van der Waals surface area contributed by atoms with Crippen LogP contribution in [0.15, 0.2) is 24.3 Å². The summed E-state index contributed by atoms with van der Waals surface area (Å²) >= 11 is 0. The lowest BCUT2D eigenvalue weighted by atomic mass is 9.89. The molecule has 96 valence electrons. The summed E-state index contributed by atoms with van der Waals surface area (Å²) in [4.78, 5) is 0. The lowest BCUT2D eigenvalue weighted by molar-refractivity contribution is 0.334. The Hall–Kier alpha value is -0.820. The Balaban J connectivity index is 2.56. The maximum absolute atomic E-state index is 3.49. The molecule has 1 atom stereocenters. The highest BCUT2D eigenvalue weighted by Crippen LogP contribution is 2.19. The van der Waals surface area contributed by atoms with Gasteiger partial charge in [0.1, 0.15) is 0 Å². The second kappa shape index (κ2) is 7.50. The maximum atomic E-state index is 3.49. The first-order valence-electron chi connectivity index (χ1n) is 6.94. The van der Waals surface area contributed by atoms with Gasteiger partial charge in [-0.2, -0.15) is 0 Å². The van der Waals surface area contributed by atoms with E-state index in [1.54, 1.807) is 0 Å². The van der Waals surface area contributed by atoms with Crippen LogP contribution < -0.4 is 5.32 Å². The summed E-state index contributed by atoms with van der Waals surface area (Å²) in [6.07, 6.45) is 4.98. The number of aryl methyl sites for hydroxylation is 2. The minimum Gasteiger partial charge on any atom is -0.317 e. The molecule has 1 aromatic carbocycles. The number of nitrogens with one attached hydrogen (secondary N) is 1. The fourth-order valence-electron chi connectivity index (χ4n) is 2.68. The molecule has 0 amide bonds. The zero-order valence-electron chi connectivity index (χ0n) is 11.8. The quantitative estimate of drug-likeness (QED) is 0.752.